The predicted molar refractivity (Wildman–Crippen MR) is 53.2 cm³/mol. The van der Waals surface area contributed by atoms with Gasteiger partial charge in [0.2, 0.25) is 0 Å². The maximum Gasteiger partial charge on any atom is 0.303 e. The van der Waals surface area contributed by atoms with Gasteiger partial charge in [-0.2, -0.15) is 5.10 Å². The molecule has 14 heavy (non-hydrogen) atoms. The zero-order valence-corrected chi connectivity index (χ0v) is 8.60. The van der Waals surface area contributed by atoms with Crippen LogP contribution in [0.1, 0.15) is 38.3 Å². The average molecular weight is 196 g/mol. The first-order valence-corrected chi connectivity index (χ1v) is 4.88. The van der Waals surface area contributed by atoms with Gasteiger partial charge in [0.15, 0.2) is 0 Å². The Morgan fingerprint density at radius 1 is 1.71 bits per heavy atom. The second kappa shape index (κ2) is 4.79. The van der Waals surface area contributed by atoms with E-state index in [9.17, 15) is 4.79 Å². The summed E-state index contributed by atoms with van der Waals surface area (Å²) in [4.78, 5) is 10.3. The van der Waals surface area contributed by atoms with Crippen LogP contribution in [0, 0.1) is 0 Å². The summed E-state index contributed by atoms with van der Waals surface area (Å²) in [5.74, 6) is -0.763. The fraction of sp³-hybridized carbons (Fsp3) is 0.600. The number of hydrogen-bond acceptors (Lipinski definition) is 2. The Morgan fingerprint density at radius 3 is 3.00 bits per heavy atom. The van der Waals surface area contributed by atoms with E-state index in [-0.39, 0.29) is 6.42 Å². The van der Waals surface area contributed by atoms with Crippen molar-refractivity contribution in [2.45, 2.75) is 39.2 Å². The molecule has 0 amide bonds. The molecule has 1 rings (SSSR count). The number of nitrogens with zero attached hydrogens (tertiary/aromatic N) is 2. The standard InChI is InChI=1S/C10H16N2O2/c1-3-8(2)12-7-9(6-11-12)4-5-10(13)14/h6-8H,3-5H2,1-2H3,(H,13,14). The van der Waals surface area contributed by atoms with Crippen LogP contribution in [0.4, 0.5) is 0 Å². The summed E-state index contributed by atoms with van der Waals surface area (Å²) < 4.78 is 1.89. The minimum absolute atomic E-state index is 0.173. The van der Waals surface area contributed by atoms with E-state index in [0.29, 0.717) is 12.5 Å². The molecule has 1 unspecified atom stereocenters. The Morgan fingerprint density at radius 2 is 2.43 bits per heavy atom. The van der Waals surface area contributed by atoms with Crippen molar-refractivity contribution in [2.75, 3.05) is 0 Å². The van der Waals surface area contributed by atoms with Crippen LogP contribution in [0.2, 0.25) is 0 Å². The normalized spacial score (nSPS) is 12.7. The van der Waals surface area contributed by atoms with E-state index in [1.54, 1.807) is 6.20 Å². The van der Waals surface area contributed by atoms with Gasteiger partial charge in [-0.1, -0.05) is 6.92 Å². The SMILES string of the molecule is CCC(C)n1cc(CCC(=O)O)cn1. The van der Waals surface area contributed by atoms with Crippen LogP contribution < -0.4 is 0 Å². The van der Waals surface area contributed by atoms with Gasteiger partial charge >= 0.3 is 5.97 Å². The first-order chi connectivity index (χ1) is 6.63. The molecule has 1 aromatic rings. The molecule has 78 valence electrons. The number of carboxylic acids is 1. The van der Waals surface area contributed by atoms with Crippen LogP contribution in [0.3, 0.4) is 0 Å². The third-order valence-corrected chi connectivity index (χ3v) is 2.32. The zero-order valence-electron chi connectivity index (χ0n) is 8.60. The molecule has 4 nitrogen and oxygen atoms in total. The highest BCUT2D eigenvalue weighted by Crippen LogP contribution is 2.10. The first kappa shape index (κ1) is 10.8. The van der Waals surface area contributed by atoms with Gasteiger partial charge in [0.1, 0.15) is 0 Å². The summed E-state index contributed by atoms with van der Waals surface area (Å²) in [6, 6.07) is 0.383. The summed E-state index contributed by atoms with van der Waals surface area (Å²) in [6.45, 7) is 4.19. The number of hydrogen-bond donors (Lipinski definition) is 1. The van der Waals surface area contributed by atoms with Gasteiger partial charge in [0.05, 0.1) is 6.20 Å². The van der Waals surface area contributed by atoms with Crippen LogP contribution >= 0.6 is 0 Å². The maximum absolute atomic E-state index is 10.3. The molecule has 1 aromatic heterocycles. The Bertz CT molecular complexity index is 307. The lowest BCUT2D eigenvalue weighted by atomic mass is 10.2. The van der Waals surface area contributed by atoms with Crippen molar-refractivity contribution in [2.24, 2.45) is 0 Å². The summed E-state index contributed by atoms with van der Waals surface area (Å²) in [5, 5.41) is 12.7. The van der Waals surface area contributed by atoms with Gasteiger partial charge in [-0.15, -0.1) is 0 Å². The lowest BCUT2D eigenvalue weighted by Crippen LogP contribution is -2.03. The summed E-state index contributed by atoms with van der Waals surface area (Å²) in [7, 11) is 0. The topological polar surface area (TPSA) is 55.1 Å². The highest BCUT2D eigenvalue weighted by molar-refractivity contribution is 5.67. The molecular weight excluding hydrogens is 180 g/mol. The molecule has 0 saturated heterocycles. The fourth-order valence-corrected chi connectivity index (χ4v) is 1.19. The van der Waals surface area contributed by atoms with Gasteiger partial charge in [-0.25, -0.2) is 0 Å². The number of carboxylic acid groups (broad SMARTS) is 1. The van der Waals surface area contributed by atoms with Crippen LogP contribution in [-0.4, -0.2) is 20.9 Å². The quantitative estimate of drug-likeness (QED) is 0.782. The average Bonchev–Trinajstić information content (AvgIpc) is 2.62. The van der Waals surface area contributed by atoms with E-state index in [2.05, 4.69) is 18.9 Å². The van der Waals surface area contributed by atoms with Crippen molar-refractivity contribution in [1.29, 1.82) is 0 Å². The van der Waals surface area contributed by atoms with Gasteiger partial charge in [-0.3, -0.25) is 9.48 Å². The van der Waals surface area contributed by atoms with E-state index < -0.39 is 5.97 Å². The van der Waals surface area contributed by atoms with E-state index in [0.717, 1.165) is 12.0 Å². The van der Waals surface area contributed by atoms with Crippen LogP contribution in [0.5, 0.6) is 0 Å². The second-order valence-electron chi connectivity index (χ2n) is 3.48. The molecule has 4 heteroatoms. The molecule has 0 aromatic carbocycles. The lowest BCUT2D eigenvalue weighted by Gasteiger charge is -2.07. The van der Waals surface area contributed by atoms with Gasteiger partial charge in [-0.05, 0) is 25.3 Å². The number of carbonyl (C=O) groups is 1. The predicted octanol–water partition coefficient (Wildman–Crippen LogP) is 1.87. The van der Waals surface area contributed by atoms with Crippen molar-refractivity contribution in [3.63, 3.8) is 0 Å². The highest BCUT2D eigenvalue weighted by Gasteiger charge is 2.05. The van der Waals surface area contributed by atoms with Crippen molar-refractivity contribution in [3.8, 4) is 0 Å². The van der Waals surface area contributed by atoms with Crippen molar-refractivity contribution in [1.82, 2.24) is 9.78 Å². The van der Waals surface area contributed by atoms with E-state index in [1.165, 1.54) is 0 Å². The number of aliphatic carboxylic acids is 1. The van der Waals surface area contributed by atoms with E-state index in [1.807, 2.05) is 10.9 Å². The molecule has 0 bridgehead atoms. The molecule has 1 atom stereocenters. The number of rotatable bonds is 5. The maximum atomic E-state index is 10.3. The Balaban J connectivity index is 2.54. The van der Waals surface area contributed by atoms with Gasteiger partial charge in [0.25, 0.3) is 0 Å². The molecule has 0 fully saturated rings. The second-order valence-corrected chi connectivity index (χ2v) is 3.48. The summed E-state index contributed by atoms with van der Waals surface area (Å²) in [5.41, 5.74) is 0.993. The Labute approximate surface area is 83.5 Å². The van der Waals surface area contributed by atoms with Gasteiger partial charge < -0.3 is 5.11 Å². The molecule has 0 aliphatic carbocycles. The van der Waals surface area contributed by atoms with Crippen LogP contribution in [-0.2, 0) is 11.2 Å². The first-order valence-electron chi connectivity index (χ1n) is 4.88. The minimum atomic E-state index is -0.763. The third kappa shape index (κ3) is 2.87. The van der Waals surface area contributed by atoms with Crippen LogP contribution in [0.15, 0.2) is 12.4 Å². The summed E-state index contributed by atoms with van der Waals surface area (Å²) in [6.07, 6.45) is 5.43. The van der Waals surface area contributed by atoms with Crippen molar-refractivity contribution >= 4 is 5.97 Å². The molecule has 0 aliphatic rings. The molecule has 0 saturated carbocycles. The zero-order chi connectivity index (χ0) is 10.6. The Kier molecular flexibility index (Phi) is 3.68. The molecular formula is C10H16N2O2. The number of aryl methyl sites for hydroxylation is 1. The van der Waals surface area contributed by atoms with Crippen molar-refractivity contribution in [3.05, 3.63) is 18.0 Å². The Hall–Kier alpha value is -1.32. The monoisotopic (exact) mass is 196 g/mol. The molecule has 1 N–H and O–H groups in total. The largest absolute Gasteiger partial charge is 0.481 e. The fourth-order valence-electron chi connectivity index (χ4n) is 1.19. The van der Waals surface area contributed by atoms with E-state index in [4.69, 9.17) is 5.11 Å². The highest BCUT2D eigenvalue weighted by atomic mass is 16.4. The number of aromatic nitrogens is 2. The molecule has 0 spiro atoms. The molecule has 0 radical (unpaired) electrons. The lowest BCUT2D eigenvalue weighted by molar-refractivity contribution is -0.136. The van der Waals surface area contributed by atoms with Crippen LogP contribution in [0.25, 0.3) is 0 Å². The molecule has 0 aliphatic heterocycles. The third-order valence-electron chi connectivity index (χ3n) is 2.32. The van der Waals surface area contributed by atoms with E-state index >= 15 is 0 Å². The summed E-state index contributed by atoms with van der Waals surface area (Å²) >= 11 is 0. The molecule has 1 heterocycles. The van der Waals surface area contributed by atoms with Gasteiger partial charge in [0, 0.05) is 18.7 Å². The minimum Gasteiger partial charge on any atom is -0.481 e. The van der Waals surface area contributed by atoms with Crippen molar-refractivity contribution < 1.29 is 9.90 Å². The smallest absolute Gasteiger partial charge is 0.303 e.